The van der Waals surface area contributed by atoms with E-state index in [1.165, 1.54) is 11.8 Å². The van der Waals surface area contributed by atoms with Crippen molar-refractivity contribution in [3.8, 4) is 0 Å². The quantitative estimate of drug-likeness (QED) is 0.787. The summed E-state index contributed by atoms with van der Waals surface area (Å²) < 4.78 is 0. The Hall–Kier alpha value is -0.310. The van der Waals surface area contributed by atoms with E-state index in [1.807, 2.05) is 13.0 Å². The zero-order valence-electron chi connectivity index (χ0n) is 7.10. The normalized spacial score (nSPS) is 10.1. The van der Waals surface area contributed by atoms with E-state index < -0.39 is 0 Å². The third-order valence-electron chi connectivity index (χ3n) is 1.46. The molecule has 1 aromatic carbocycles. The van der Waals surface area contributed by atoms with E-state index in [0.29, 0.717) is 15.1 Å². The second-order valence-corrected chi connectivity index (χ2v) is 4.58. The molecule has 0 bridgehead atoms. The Kier molecular flexibility index (Phi) is 3.54. The molecule has 0 aliphatic rings. The number of thioether (sulfide) groups is 1. The van der Waals surface area contributed by atoms with Gasteiger partial charge < -0.3 is 5.73 Å². The largest absolute Gasteiger partial charge is 0.394 e. The number of benzene rings is 1. The van der Waals surface area contributed by atoms with Gasteiger partial charge in [-0.25, -0.2) is 0 Å². The number of hydrogen-bond donors (Lipinski definition) is 1. The van der Waals surface area contributed by atoms with Crippen molar-refractivity contribution in [1.82, 2.24) is 0 Å². The summed E-state index contributed by atoms with van der Waals surface area (Å²) in [6, 6.07) is 3.61. The standard InChI is InChI=1S/C9H9Cl2NS/c1-5-3-7(10)8(11)4-9(5)13-6(2)12/h3-4H,2,12H2,1H3. The third kappa shape index (κ3) is 2.83. The van der Waals surface area contributed by atoms with Gasteiger partial charge in [-0.15, -0.1) is 0 Å². The van der Waals surface area contributed by atoms with Crippen molar-refractivity contribution in [2.75, 3.05) is 0 Å². The molecule has 0 saturated heterocycles. The van der Waals surface area contributed by atoms with Crippen molar-refractivity contribution >= 4 is 35.0 Å². The smallest absolute Gasteiger partial charge is 0.0630 e. The van der Waals surface area contributed by atoms with Crippen LogP contribution in [0.4, 0.5) is 0 Å². The fraction of sp³-hybridized carbons (Fsp3) is 0.111. The summed E-state index contributed by atoms with van der Waals surface area (Å²) in [5.74, 6) is 0. The highest BCUT2D eigenvalue weighted by Crippen LogP contribution is 2.32. The van der Waals surface area contributed by atoms with Crippen LogP contribution < -0.4 is 5.73 Å². The molecule has 13 heavy (non-hydrogen) atoms. The molecule has 0 atom stereocenters. The molecule has 0 spiro atoms. The van der Waals surface area contributed by atoms with Gasteiger partial charge in [0.1, 0.15) is 0 Å². The molecule has 0 radical (unpaired) electrons. The lowest BCUT2D eigenvalue weighted by Gasteiger charge is -2.06. The summed E-state index contributed by atoms with van der Waals surface area (Å²) in [7, 11) is 0. The van der Waals surface area contributed by atoms with Gasteiger partial charge >= 0.3 is 0 Å². The van der Waals surface area contributed by atoms with Crippen LogP contribution in [0.1, 0.15) is 5.56 Å². The van der Waals surface area contributed by atoms with E-state index >= 15 is 0 Å². The van der Waals surface area contributed by atoms with Crippen molar-refractivity contribution in [1.29, 1.82) is 0 Å². The van der Waals surface area contributed by atoms with E-state index in [2.05, 4.69) is 6.58 Å². The van der Waals surface area contributed by atoms with Crippen molar-refractivity contribution in [2.24, 2.45) is 5.73 Å². The Labute approximate surface area is 91.9 Å². The van der Waals surface area contributed by atoms with E-state index in [0.717, 1.165) is 10.5 Å². The molecule has 70 valence electrons. The van der Waals surface area contributed by atoms with Crippen LogP contribution >= 0.6 is 35.0 Å². The minimum absolute atomic E-state index is 0.538. The predicted molar refractivity (Wildman–Crippen MR) is 60.4 cm³/mol. The Morgan fingerprint density at radius 1 is 1.38 bits per heavy atom. The van der Waals surface area contributed by atoms with Crippen LogP contribution in [-0.2, 0) is 0 Å². The molecule has 1 aromatic rings. The Morgan fingerprint density at radius 2 is 1.92 bits per heavy atom. The third-order valence-corrected chi connectivity index (χ3v) is 3.10. The summed E-state index contributed by atoms with van der Waals surface area (Å²) in [4.78, 5) is 0.988. The minimum Gasteiger partial charge on any atom is -0.394 e. The van der Waals surface area contributed by atoms with Crippen LogP contribution in [0.3, 0.4) is 0 Å². The average Bonchev–Trinajstić information content (AvgIpc) is 1.99. The zero-order valence-corrected chi connectivity index (χ0v) is 9.43. The van der Waals surface area contributed by atoms with Gasteiger partial charge in [0.05, 0.1) is 15.1 Å². The molecule has 1 nitrogen and oxygen atoms in total. The Morgan fingerprint density at radius 3 is 2.46 bits per heavy atom. The molecule has 0 saturated carbocycles. The number of halogens is 2. The highest BCUT2D eigenvalue weighted by atomic mass is 35.5. The van der Waals surface area contributed by atoms with Gasteiger partial charge in [-0.2, -0.15) is 0 Å². The van der Waals surface area contributed by atoms with Gasteiger partial charge in [-0.3, -0.25) is 0 Å². The maximum atomic E-state index is 5.85. The molecule has 0 aliphatic carbocycles. The van der Waals surface area contributed by atoms with Gasteiger partial charge in [0.25, 0.3) is 0 Å². The van der Waals surface area contributed by atoms with Crippen LogP contribution in [-0.4, -0.2) is 0 Å². The molecule has 0 unspecified atom stereocenters. The maximum Gasteiger partial charge on any atom is 0.0630 e. The molecule has 4 heteroatoms. The van der Waals surface area contributed by atoms with Crippen LogP contribution in [0, 0.1) is 6.92 Å². The molecule has 0 amide bonds. The monoisotopic (exact) mass is 233 g/mol. The lowest BCUT2D eigenvalue weighted by atomic mass is 10.2. The highest BCUT2D eigenvalue weighted by Gasteiger charge is 2.04. The summed E-state index contributed by atoms with van der Waals surface area (Å²) in [5, 5.41) is 1.64. The van der Waals surface area contributed by atoms with Gasteiger partial charge in [-0.1, -0.05) is 41.5 Å². The number of aryl methyl sites for hydroxylation is 1. The van der Waals surface area contributed by atoms with Crippen LogP contribution in [0.5, 0.6) is 0 Å². The molecule has 0 aromatic heterocycles. The topological polar surface area (TPSA) is 26.0 Å². The molecular weight excluding hydrogens is 225 g/mol. The van der Waals surface area contributed by atoms with Crippen LogP contribution in [0.25, 0.3) is 0 Å². The maximum absolute atomic E-state index is 5.85. The summed E-state index contributed by atoms with van der Waals surface area (Å²) in [5.41, 5.74) is 6.52. The fourth-order valence-corrected chi connectivity index (χ4v) is 2.00. The van der Waals surface area contributed by atoms with E-state index in [1.54, 1.807) is 6.07 Å². The van der Waals surface area contributed by atoms with Gasteiger partial charge in [0, 0.05) is 4.90 Å². The number of nitrogens with two attached hydrogens (primary N) is 1. The zero-order chi connectivity index (χ0) is 10.0. The molecule has 0 aliphatic heterocycles. The van der Waals surface area contributed by atoms with E-state index in [9.17, 15) is 0 Å². The Balaban J connectivity index is 3.08. The lowest BCUT2D eigenvalue weighted by molar-refractivity contribution is 1.30. The average molecular weight is 234 g/mol. The molecule has 0 heterocycles. The van der Waals surface area contributed by atoms with Crippen molar-refractivity contribution in [2.45, 2.75) is 11.8 Å². The van der Waals surface area contributed by atoms with E-state index in [4.69, 9.17) is 28.9 Å². The fourth-order valence-electron chi connectivity index (χ4n) is 0.879. The van der Waals surface area contributed by atoms with Gasteiger partial charge in [0.15, 0.2) is 0 Å². The summed E-state index contributed by atoms with van der Waals surface area (Å²) in [6.45, 7) is 5.56. The molecular formula is C9H9Cl2NS. The first-order chi connectivity index (χ1) is 6.00. The van der Waals surface area contributed by atoms with Gasteiger partial charge in [0.2, 0.25) is 0 Å². The second kappa shape index (κ2) is 4.27. The Bertz CT molecular complexity index is 350. The molecule has 2 N–H and O–H groups in total. The lowest BCUT2D eigenvalue weighted by Crippen LogP contribution is -1.90. The summed E-state index contributed by atoms with van der Waals surface area (Å²) in [6.07, 6.45) is 0. The first-order valence-corrected chi connectivity index (χ1v) is 5.16. The number of rotatable bonds is 2. The van der Waals surface area contributed by atoms with Gasteiger partial charge in [-0.05, 0) is 24.6 Å². The summed E-state index contributed by atoms with van der Waals surface area (Å²) >= 11 is 13.1. The first kappa shape index (κ1) is 10.8. The second-order valence-electron chi connectivity index (χ2n) is 2.60. The van der Waals surface area contributed by atoms with Crippen LogP contribution in [0.2, 0.25) is 10.0 Å². The van der Waals surface area contributed by atoms with Crippen molar-refractivity contribution in [3.05, 3.63) is 39.3 Å². The predicted octanol–water partition coefficient (Wildman–Crippen LogP) is 3.82. The SMILES string of the molecule is C=C(N)Sc1cc(Cl)c(Cl)cc1C. The molecule has 1 rings (SSSR count). The van der Waals surface area contributed by atoms with Crippen molar-refractivity contribution < 1.29 is 0 Å². The van der Waals surface area contributed by atoms with Crippen LogP contribution in [0.15, 0.2) is 28.6 Å². The number of hydrogen-bond acceptors (Lipinski definition) is 2. The molecule has 0 fully saturated rings. The highest BCUT2D eigenvalue weighted by molar-refractivity contribution is 8.03. The van der Waals surface area contributed by atoms with Crippen molar-refractivity contribution in [3.63, 3.8) is 0 Å². The minimum atomic E-state index is 0.538. The van der Waals surface area contributed by atoms with E-state index in [-0.39, 0.29) is 0 Å². The first-order valence-electron chi connectivity index (χ1n) is 3.58.